The minimum absolute atomic E-state index is 0.0846. The van der Waals surface area contributed by atoms with Crippen molar-refractivity contribution >= 4 is 27.7 Å². The summed E-state index contributed by atoms with van der Waals surface area (Å²) < 4.78 is 0.987. The van der Waals surface area contributed by atoms with Crippen molar-refractivity contribution in [2.45, 2.75) is 37.7 Å². The SMILES string of the molecule is C[C@@H]1C[C@@H](O)c2ncnc(N3CCN(C(=O)[C@H](CCNCCO)c4ccc(Br)cc4)CC3)c21. The van der Waals surface area contributed by atoms with E-state index in [1.54, 1.807) is 0 Å². The zero-order chi connectivity index (χ0) is 23.4. The van der Waals surface area contributed by atoms with E-state index in [-0.39, 0.29) is 24.3 Å². The topological polar surface area (TPSA) is 102 Å². The largest absolute Gasteiger partial charge is 0.395 e. The van der Waals surface area contributed by atoms with Gasteiger partial charge in [0.15, 0.2) is 0 Å². The monoisotopic (exact) mass is 517 g/mol. The first-order valence-corrected chi connectivity index (χ1v) is 12.4. The normalized spacial score (nSPS) is 21.2. The highest BCUT2D eigenvalue weighted by Crippen LogP contribution is 2.42. The second-order valence-electron chi connectivity index (χ2n) is 8.83. The molecule has 4 rings (SSSR count). The molecule has 1 saturated heterocycles. The second kappa shape index (κ2) is 10.9. The quantitative estimate of drug-likeness (QED) is 0.461. The third-order valence-electron chi connectivity index (χ3n) is 6.64. The van der Waals surface area contributed by atoms with E-state index in [1.165, 1.54) is 6.33 Å². The highest BCUT2D eigenvalue weighted by atomic mass is 79.9. The van der Waals surface area contributed by atoms with E-state index < -0.39 is 6.10 Å². The van der Waals surface area contributed by atoms with Gasteiger partial charge in [-0.3, -0.25) is 4.79 Å². The van der Waals surface area contributed by atoms with Crippen LogP contribution in [0.3, 0.4) is 0 Å². The average molecular weight is 518 g/mol. The first kappa shape index (κ1) is 24.1. The number of aliphatic hydroxyl groups is 2. The first-order valence-electron chi connectivity index (χ1n) is 11.6. The summed E-state index contributed by atoms with van der Waals surface area (Å²) in [5.41, 5.74) is 2.80. The maximum Gasteiger partial charge on any atom is 0.230 e. The second-order valence-corrected chi connectivity index (χ2v) is 9.74. The van der Waals surface area contributed by atoms with Gasteiger partial charge in [0.05, 0.1) is 24.3 Å². The Morgan fingerprint density at radius 2 is 1.91 bits per heavy atom. The lowest BCUT2D eigenvalue weighted by atomic mass is 9.93. The molecular weight excluding hydrogens is 486 g/mol. The van der Waals surface area contributed by atoms with E-state index in [0.29, 0.717) is 52.1 Å². The third kappa shape index (κ3) is 5.37. The van der Waals surface area contributed by atoms with Crippen LogP contribution in [-0.2, 0) is 4.79 Å². The number of amides is 1. The lowest BCUT2D eigenvalue weighted by molar-refractivity contribution is -0.133. The fourth-order valence-electron chi connectivity index (χ4n) is 4.89. The van der Waals surface area contributed by atoms with Crippen molar-refractivity contribution in [2.75, 3.05) is 50.8 Å². The molecule has 2 aliphatic rings. The fourth-order valence-corrected chi connectivity index (χ4v) is 5.16. The van der Waals surface area contributed by atoms with Gasteiger partial charge >= 0.3 is 0 Å². The number of rotatable bonds is 8. The minimum Gasteiger partial charge on any atom is -0.395 e. The number of piperazine rings is 1. The summed E-state index contributed by atoms with van der Waals surface area (Å²) in [6.07, 6.45) is 2.37. The van der Waals surface area contributed by atoms with Crippen LogP contribution in [0.15, 0.2) is 35.1 Å². The predicted octanol–water partition coefficient (Wildman–Crippen LogP) is 2.18. The molecule has 2 aromatic rings. The molecule has 3 N–H and O–H groups in total. The first-order chi connectivity index (χ1) is 16.0. The van der Waals surface area contributed by atoms with Crippen LogP contribution in [0.4, 0.5) is 5.82 Å². The van der Waals surface area contributed by atoms with Crippen molar-refractivity contribution in [3.63, 3.8) is 0 Å². The molecule has 0 radical (unpaired) electrons. The van der Waals surface area contributed by atoms with E-state index >= 15 is 0 Å². The summed E-state index contributed by atoms with van der Waals surface area (Å²) in [5.74, 6) is 1.03. The van der Waals surface area contributed by atoms with Gasteiger partial charge in [0.2, 0.25) is 5.91 Å². The molecule has 0 bridgehead atoms. The molecule has 0 unspecified atom stereocenters. The molecule has 1 aromatic carbocycles. The summed E-state index contributed by atoms with van der Waals surface area (Å²) in [6, 6.07) is 7.96. The molecule has 1 amide bonds. The summed E-state index contributed by atoms with van der Waals surface area (Å²) >= 11 is 3.47. The zero-order valence-electron chi connectivity index (χ0n) is 19.0. The Bertz CT molecular complexity index is 950. The maximum atomic E-state index is 13.5. The highest BCUT2D eigenvalue weighted by Gasteiger charge is 2.35. The van der Waals surface area contributed by atoms with Crippen LogP contribution in [-0.4, -0.2) is 76.9 Å². The van der Waals surface area contributed by atoms with Crippen LogP contribution in [0.5, 0.6) is 0 Å². The van der Waals surface area contributed by atoms with Gasteiger partial charge in [0.1, 0.15) is 12.1 Å². The molecule has 1 fully saturated rings. The lowest BCUT2D eigenvalue weighted by Gasteiger charge is -2.38. The molecule has 0 saturated carbocycles. The van der Waals surface area contributed by atoms with Gasteiger partial charge in [-0.15, -0.1) is 0 Å². The number of carbonyl (C=O) groups is 1. The molecule has 0 spiro atoms. The Kier molecular flexibility index (Phi) is 7.95. The molecule has 178 valence electrons. The van der Waals surface area contributed by atoms with E-state index in [4.69, 9.17) is 5.11 Å². The van der Waals surface area contributed by atoms with Crippen molar-refractivity contribution in [3.05, 3.63) is 51.9 Å². The van der Waals surface area contributed by atoms with Crippen molar-refractivity contribution in [2.24, 2.45) is 0 Å². The molecule has 3 atom stereocenters. The number of hydrogen-bond acceptors (Lipinski definition) is 7. The molecule has 33 heavy (non-hydrogen) atoms. The summed E-state index contributed by atoms with van der Waals surface area (Å²) in [4.78, 5) is 26.6. The van der Waals surface area contributed by atoms with Crippen LogP contribution in [0.2, 0.25) is 0 Å². The summed E-state index contributed by atoms with van der Waals surface area (Å²) in [5, 5.41) is 22.5. The number of fused-ring (bicyclic) bond motifs is 1. The zero-order valence-corrected chi connectivity index (χ0v) is 20.5. The van der Waals surface area contributed by atoms with E-state index in [2.05, 4.69) is 43.0 Å². The Hall–Kier alpha value is -2.07. The van der Waals surface area contributed by atoms with Gasteiger partial charge in [-0.05, 0) is 43.0 Å². The maximum absolute atomic E-state index is 13.5. The standard InChI is InChI=1S/C24H32BrN5O3/c1-16-14-20(32)22-21(16)23(28-15-27-22)29-9-11-30(12-10-29)24(33)19(6-7-26-8-13-31)17-2-4-18(25)5-3-17/h2-5,15-16,19-20,26,31-32H,6-14H2,1H3/t16-,19-,20-/m1/s1. The Balaban J connectivity index is 1.44. The summed E-state index contributed by atoms with van der Waals surface area (Å²) in [6.45, 7) is 6.05. The van der Waals surface area contributed by atoms with Crippen molar-refractivity contribution in [3.8, 4) is 0 Å². The number of anilines is 1. The Morgan fingerprint density at radius 1 is 1.18 bits per heavy atom. The number of aromatic nitrogens is 2. The van der Waals surface area contributed by atoms with E-state index in [0.717, 1.165) is 27.1 Å². The van der Waals surface area contributed by atoms with Crippen LogP contribution in [0, 0.1) is 0 Å². The van der Waals surface area contributed by atoms with Crippen LogP contribution >= 0.6 is 15.9 Å². The van der Waals surface area contributed by atoms with Gasteiger partial charge in [-0.2, -0.15) is 0 Å². The lowest BCUT2D eigenvalue weighted by Crippen LogP contribution is -2.50. The van der Waals surface area contributed by atoms with Crippen molar-refractivity contribution < 1.29 is 15.0 Å². The number of nitrogens with one attached hydrogen (secondary N) is 1. The molecule has 9 heteroatoms. The number of nitrogens with zero attached hydrogens (tertiary/aromatic N) is 4. The predicted molar refractivity (Wildman–Crippen MR) is 130 cm³/mol. The van der Waals surface area contributed by atoms with Gasteiger partial charge in [0, 0.05) is 42.8 Å². The molecule has 1 aromatic heterocycles. The molecule has 8 nitrogen and oxygen atoms in total. The minimum atomic E-state index is -0.522. The number of hydrogen-bond donors (Lipinski definition) is 3. The number of carbonyl (C=O) groups excluding carboxylic acids is 1. The van der Waals surface area contributed by atoms with E-state index in [9.17, 15) is 9.90 Å². The van der Waals surface area contributed by atoms with Gasteiger partial charge in [-0.1, -0.05) is 35.0 Å². The fraction of sp³-hybridized carbons (Fsp3) is 0.542. The van der Waals surface area contributed by atoms with Crippen LogP contribution < -0.4 is 10.2 Å². The number of halogens is 1. The van der Waals surface area contributed by atoms with Gasteiger partial charge in [-0.25, -0.2) is 9.97 Å². The van der Waals surface area contributed by atoms with E-state index in [1.807, 2.05) is 29.2 Å². The molecular formula is C24H32BrN5O3. The number of benzene rings is 1. The average Bonchev–Trinajstić information content (AvgIpc) is 3.13. The molecule has 1 aliphatic heterocycles. The Labute approximate surface area is 203 Å². The number of aliphatic hydroxyl groups excluding tert-OH is 2. The van der Waals surface area contributed by atoms with Crippen molar-refractivity contribution in [1.82, 2.24) is 20.2 Å². The van der Waals surface area contributed by atoms with Crippen LogP contribution in [0.1, 0.15) is 54.5 Å². The van der Waals surface area contributed by atoms with Crippen LogP contribution in [0.25, 0.3) is 0 Å². The molecule has 1 aliphatic carbocycles. The third-order valence-corrected chi connectivity index (χ3v) is 7.17. The van der Waals surface area contributed by atoms with Gasteiger partial charge < -0.3 is 25.3 Å². The van der Waals surface area contributed by atoms with Gasteiger partial charge in [0.25, 0.3) is 0 Å². The smallest absolute Gasteiger partial charge is 0.230 e. The summed E-state index contributed by atoms with van der Waals surface area (Å²) in [7, 11) is 0. The highest BCUT2D eigenvalue weighted by molar-refractivity contribution is 9.10. The van der Waals surface area contributed by atoms with Crippen molar-refractivity contribution in [1.29, 1.82) is 0 Å². The molecule has 2 heterocycles. The Morgan fingerprint density at radius 3 is 2.61 bits per heavy atom.